The minimum Gasteiger partial charge on any atom is -0.356 e. The fourth-order valence-corrected chi connectivity index (χ4v) is 9.19. The number of hydrogen-bond acceptors (Lipinski definition) is 2. The van der Waals surface area contributed by atoms with Crippen LogP contribution < -0.4 is 0 Å². The van der Waals surface area contributed by atoms with Gasteiger partial charge < -0.3 is 9.80 Å². The Balaban J connectivity index is 2.18. The Morgan fingerprint density at radius 3 is 0.636 bits per heavy atom. The van der Waals surface area contributed by atoms with Crippen LogP contribution >= 0.6 is 0 Å². The Kier molecular flexibility index (Phi) is 42.3. The molecule has 0 amide bonds. The van der Waals surface area contributed by atoms with E-state index in [0.29, 0.717) is 6.17 Å². The van der Waals surface area contributed by atoms with Crippen LogP contribution in [0.5, 0.6) is 0 Å². The molecule has 1 aliphatic heterocycles. The van der Waals surface area contributed by atoms with Crippen molar-refractivity contribution in [3.05, 3.63) is 12.4 Å². The normalized spacial score (nSPS) is 14.3. The van der Waals surface area contributed by atoms with Gasteiger partial charge >= 0.3 is 0 Å². The third-order valence-corrected chi connectivity index (χ3v) is 13.1. The van der Waals surface area contributed by atoms with E-state index in [0.717, 1.165) is 0 Å². The largest absolute Gasteiger partial charge is 0.356 e. The SMILES string of the molecule is CCCCCCCCCCCCCCCCCCCN1C=CN(CCCCCCCCCCCCCCCCC)C1CCCCCCCCCCCCCC. The summed E-state index contributed by atoms with van der Waals surface area (Å²) in [4.78, 5) is 5.49. The molecule has 0 saturated heterocycles. The van der Waals surface area contributed by atoms with Crippen LogP contribution in [0.15, 0.2) is 12.4 Å². The topological polar surface area (TPSA) is 6.48 Å². The number of rotatable bonds is 47. The first-order chi connectivity index (χ1) is 27.3. The maximum absolute atomic E-state index is 2.74. The Morgan fingerprint density at radius 2 is 0.418 bits per heavy atom. The fraction of sp³-hybridized carbons (Fsp3) is 0.962. The second kappa shape index (κ2) is 44.4. The molecule has 0 radical (unpaired) electrons. The van der Waals surface area contributed by atoms with Crippen molar-refractivity contribution in [2.45, 2.75) is 316 Å². The van der Waals surface area contributed by atoms with Crippen LogP contribution in [0.25, 0.3) is 0 Å². The molecule has 0 aromatic heterocycles. The minimum atomic E-state index is 0.635. The van der Waals surface area contributed by atoms with Gasteiger partial charge in [0.15, 0.2) is 0 Å². The second-order valence-corrected chi connectivity index (χ2v) is 18.5. The van der Waals surface area contributed by atoms with E-state index in [1.807, 2.05) is 0 Å². The molecule has 2 heteroatoms. The molecule has 0 N–H and O–H groups in total. The smallest absolute Gasteiger partial charge is 0.101 e. The quantitative estimate of drug-likeness (QED) is 0.0569. The number of nitrogens with zero attached hydrogens (tertiary/aromatic N) is 2. The second-order valence-electron chi connectivity index (χ2n) is 18.5. The van der Waals surface area contributed by atoms with Gasteiger partial charge in [-0.25, -0.2) is 0 Å². The molecular weight excluding hydrogens is 665 g/mol. The van der Waals surface area contributed by atoms with Crippen molar-refractivity contribution in [3.8, 4) is 0 Å². The molecule has 1 heterocycles. The summed E-state index contributed by atoms with van der Waals surface area (Å²) in [6.07, 6.45) is 70.8. The first kappa shape index (κ1) is 52.4. The Bertz CT molecular complexity index is 732. The first-order valence-corrected chi connectivity index (χ1v) is 26.5. The van der Waals surface area contributed by atoms with Crippen molar-refractivity contribution in [1.82, 2.24) is 9.80 Å². The zero-order valence-electron chi connectivity index (χ0n) is 38.9. The van der Waals surface area contributed by atoms with E-state index in [4.69, 9.17) is 0 Å². The van der Waals surface area contributed by atoms with Crippen molar-refractivity contribution in [2.75, 3.05) is 13.1 Å². The average Bonchev–Trinajstić information content (AvgIpc) is 3.58. The minimum absolute atomic E-state index is 0.635. The molecular formula is C53H106N2. The summed E-state index contributed by atoms with van der Waals surface area (Å²) in [5.74, 6) is 0. The highest BCUT2D eigenvalue weighted by Crippen LogP contribution is 2.24. The highest BCUT2D eigenvalue weighted by molar-refractivity contribution is 4.97. The molecule has 0 aliphatic carbocycles. The summed E-state index contributed by atoms with van der Waals surface area (Å²) >= 11 is 0. The van der Waals surface area contributed by atoms with Gasteiger partial charge in [0.2, 0.25) is 0 Å². The van der Waals surface area contributed by atoms with Crippen molar-refractivity contribution in [1.29, 1.82) is 0 Å². The Hall–Kier alpha value is -0.660. The fourth-order valence-electron chi connectivity index (χ4n) is 9.19. The van der Waals surface area contributed by atoms with E-state index >= 15 is 0 Å². The predicted molar refractivity (Wildman–Crippen MR) is 251 cm³/mol. The standard InChI is InChI=1S/C53H106N2/c1-4-7-10-13-16-19-22-25-27-28-30-32-35-38-41-44-47-50-55-52-51-54(53(55)48-45-42-39-36-33-24-21-18-15-12-9-6-3)49-46-43-40-37-34-31-29-26-23-20-17-14-11-8-5-2/h51-53H,4-50H2,1-3H3. The molecule has 0 aromatic rings. The monoisotopic (exact) mass is 771 g/mol. The molecule has 0 aromatic carbocycles. The van der Waals surface area contributed by atoms with Gasteiger partial charge in [-0.3, -0.25) is 0 Å². The Morgan fingerprint density at radius 1 is 0.236 bits per heavy atom. The van der Waals surface area contributed by atoms with Crippen molar-refractivity contribution in [2.24, 2.45) is 0 Å². The van der Waals surface area contributed by atoms with Gasteiger partial charge in [0.25, 0.3) is 0 Å². The summed E-state index contributed by atoms with van der Waals surface area (Å²) in [5.41, 5.74) is 0. The lowest BCUT2D eigenvalue weighted by molar-refractivity contribution is 0.135. The zero-order chi connectivity index (χ0) is 39.4. The highest BCUT2D eigenvalue weighted by Gasteiger charge is 2.25. The highest BCUT2D eigenvalue weighted by atomic mass is 15.4. The molecule has 55 heavy (non-hydrogen) atoms. The van der Waals surface area contributed by atoms with Gasteiger partial charge in [-0.15, -0.1) is 0 Å². The van der Waals surface area contributed by atoms with E-state index in [-0.39, 0.29) is 0 Å². The zero-order valence-corrected chi connectivity index (χ0v) is 38.9. The van der Waals surface area contributed by atoms with Crippen molar-refractivity contribution in [3.63, 3.8) is 0 Å². The maximum Gasteiger partial charge on any atom is 0.101 e. The maximum atomic E-state index is 2.74. The molecule has 0 saturated carbocycles. The average molecular weight is 771 g/mol. The van der Waals surface area contributed by atoms with Crippen LogP contribution in [0.4, 0.5) is 0 Å². The number of unbranched alkanes of at least 4 members (excludes halogenated alkanes) is 41. The van der Waals surface area contributed by atoms with Crippen LogP contribution in [0, 0.1) is 0 Å². The van der Waals surface area contributed by atoms with E-state index in [2.05, 4.69) is 43.0 Å². The molecule has 1 unspecified atom stereocenters. The number of hydrogen-bond donors (Lipinski definition) is 0. The van der Waals surface area contributed by atoms with E-state index in [1.165, 1.54) is 302 Å². The van der Waals surface area contributed by atoms with Crippen LogP contribution in [0.3, 0.4) is 0 Å². The van der Waals surface area contributed by atoms with E-state index < -0.39 is 0 Å². The third-order valence-electron chi connectivity index (χ3n) is 13.1. The first-order valence-electron chi connectivity index (χ1n) is 26.5. The summed E-state index contributed by atoms with van der Waals surface area (Å²) in [6.45, 7) is 9.50. The molecule has 1 aliphatic rings. The molecule has 1 rings (SSSR count). The van der Waals surface area contributed by atoms with Crippen LogP contribution in [0.2, 0.25) is 0 Å². The third kappa shape index (κ3) is 36.2. The molecule has 2 nitrogen and oxygen atoms in total. The van der Waals surface area contributed by atoms with E-state index in [1.54, 1.807) is 0 Å². The van der Waals surface area contributed by atoms with Gasteiger partial charge in [-0.05, 0) is 25.7 Å². The molecule has 0 spiro atoms. The molecule has 0 fully saturated rings. The summed E-state index contributed by atoms with van der Waals surface area (Å²) in [5, 5.41) is 0. The van der Waals surface area contributed by atoms with Crippen molar-refractivity contribution < 1.29 is 0 Å². The van der Waals surface area contributed by atoms with Gasteiger partial charge in [0.05, 0.1) is 0 Å². The summed E-state index contributed by atoms with van der Waals surface area (Å²) in [6, 6.07) is 0. The van der Waals surface area contributed by atoms with Gasteiger partial charge in [0, 0.05) is 25.5 Å². The lowest BCUT2D eigenvalue weighted by atomic mass is 10.0. The lowest BCUT2D eigenvalue weighted by Crippen LogP contribution is -2.39. The predicted octanol–water partition coefficient (Wildman–Crippen LogP) is 19.0. The molecule has 1 atom stereocenters. The van der Waals surface area contributed by atoms with Crippen molar-refractivity contribution >= 4 is 0 Å². The van der Waals surface area contributed by atoms with Crippen LogP contribution in [-0.4, -0.2) is 29.1 Å². The van der Waals surface area contributed by atoms with Gasteiger partial charge in [-0.2, -0.15) is 0 Å². The van der Waals surface area contributed by atoms with E-state index in [9.17, 15) is 0 Å². The van der Waals surface area contributed by atoms with Gasteiger partial charge in [-0.1, -0.05) is 284 Å². The molecule has 0 bridgehead atoms. The summed E-state index contributed by atoms with van der Waals surface area (Å²) < 4.78 is 0. The lowest BCUT2D eigenvalue weighted by Gasteiger charge is -2.33. The van der Waals surface area contributed by atoms with Crippen LogP contribution in [-0.2, 0) is 0 Å². The van der Waals surface area contributed by atoms with Crippen LogP contribution in [0.1, 0.15) is 310 Å². The summed E-state index contributed by atoms with van der Waals surface area (Å²) in [7, 11) is 0. The Labute approximate surface area is 350 Å². The molecule has 328 valence electrons. The van der Waals surface area contributed by atoms with Gasteiger partial charge in [0.1, 0.15) is 6.17 Å².